The third-order valence-electron chi connectivity index (χ3n) is 3.43. The van der Waals surface area contributed by atoms with Crippen molar-refractivity contribution in [1.82, 2.24) is 9.55 Å². The fourth-order valence-electron chi connectivity index (χ4n) is 2.43. The van der Waals surface area contributed by atoms with Crippen molar-refractivity contribution < 1.29 is 9.90 Å². The molecule has 2 unspecified atom stereocenters. The van der Waals surface area contributed by atoms with Gasteiger partial charge in [0.15, 0.2) is 0 Å². The van der Waals surface area contributed by atoms with Gasteiger partial charge in [0.2, 0.25) is 0 Å². The van der Waals surface area contributed by atoms with Crippen LogP contribution in [0.2, 0.25) is 0 Å². The zero-order chi connectivity index (χ0) is 15.4. The Morgan fingerprint density at radius 2 is 2.00 bits per heavy atom. The zero-order valence-electron chi connectivity index (χ0n) is 12.6. The van der Waals surface area contributed by atoms with E-state index in [2.05, 4.69) is 11.9 Å². The minimum absolute atomic E-state index is 0.297. The molecule has 1 aromatic rings. The molecule has 1 aromatic heterocycles. The van der Waals surface area contributed by atoms with Gasteiger partial charge in [-0.1, -0.05) is 6.92 Å². The summed E-state index contributed by atoms with van der Waals surface area (Å²) < 4.78 is 1.60. The van der Waals surface area contributed by atoms with Crippen molar-refractivity contribution in [1.29, 1.82) is 0 Å². The summed E-state index contributed by atoms with van der Waals surface area (Å²) >= 11 is 1.73. The first-order chi connectivity index (χ1) is 9.29. The Labute approximate surface area is 123 Å². The number of hydrogen-bond donors (Lipinski definition) is 1. The van der Waals surface area contributed by atoms with Gasteiger partial charge in [-0.25, -0.2) is 4.79 Å². The lowest BCUT2D eigenvalue weighted by Gasteiger charge is -2.20. The van der Waals surface area contributed by atoms with Crippen LogP contribution in [-0.2, 0) is 11.3 Å². The highest BCUT2D eigenvalue weighted by molar-refractivity contribution is 7.98. The molecule has 0 saturated carbocycles. The fourth-order valence-corrected chi connectivity index (χ4v) is 3.10. The van der Waals surface area contributed by atoms with Crippen LogP contribution in [0.15, 0.2) is 4.79 Å². The van der Waals surface area contributed by atoms with Gasteiger partial charge in [0, 0.05) is 23.5 Å². The number of rotatable bonds is 6. The average Bonchev–Trinajstić information content (AvgIpc) is 2.34. The molecule has 0 aliphatic heterocycles. The van der Waals surface area contributed by atoms with E-state index in [1.807, 2.05) is 6.26 Å². The molecule has 0 radical (unpaired) electrons. The first kappa shape index (κ1) is 16.8. The number of aromatic nitrogens is 2. The summed E-state index contributed by atoms with van der Waals surface area (Å²) in [6.45, 7) is 7.76. The highest BCUT2D eigenvalue weighted by Crippen LogP contribution is 2.22. The number of carbonyl (C=O) groups is 1. The molecular formula is C14H22N2O3S. The minimum atomic E-state index is -0.902. The first-order valence-electron chi connectivity index (χ1n) is 6.59. The van der Waals surface area contributed by atoms with Crippen molar-refractivity contribution in [2.24, 2.45) is 5.92 Å². The van der Waals surface area contributed by atoms with Crippen molar-refractivity contribution in [3.05, 3.63) is 27.4 Å². The van der Waals surface area contributed by atoms with Gasteiger partial charge < -0.3 is 5.11 Å². The van der Waals surface area contributed by atoms with Gasteiger partial charge in [-0.15, -0.1) is 0 Å². The van der Waals surface area contributed by atoms with Gasteiger partial charge in [-0.2, -0.15) is 16.7 Å². The van der Waals surface area contributed by atoms with Crippen molar-refractivity contribution >= 4 is 17.7 Å². The number of nitrogens with zero attached hydrogens (tertiary/aromatic N) is 2. The molecule has 1 rings (SSSR count). The molecule has 6 heteroatoms. The van der Waals surface area contributed by atoms with Gasteiger partial charge in [-0.3, -0.25) is 9.36 Å². The van der Waals surface area contributed by atoms with Gasteiger partial charge in [0.05, 0.1) is 5.92 Å². The van der Waals surface area contributed by atoms with E-state index in [1.54, 1.807) is 37.1 Å². The first-order valence-corrected chi connectivity index (χ1v) is 7.98. The highest BCUT2D eigenvalue weighted by Gasteiger charge is 2.22. The summed E-state index contributed by atoms with van der Waals surface area (Å²) in [7, 11) is 0. The van der Waals surface area contributed by atoms with E-state index in [1.165, 1.54) is 0 Å². The molecule has 0 aromatic carbocycles. The molecule has 0 saturated heterocycles. The molecule has 0 bridgehead atoms. The molecule has 0 fully saturated rings. The second-order valence-corrected chi connectivity index (χ2v) is 6.12. The standard InChI is InChI=1S/C14H22N2O3S/c1-8(7-20-5)6-16-11(4)12(9(2)13(17)18)10(3)15-14(16)19/h8-9H,6-7H2,1-5H3,(H,17,18). The van der Waals surface area contributed by atoms with Crippen molar-refractivity contribution in [2.75, 3.05) is 12.0 Å². The molecule has 112 valence electrons. The lowest BCUT2D eigenvalue weighted by molar-refractivity contribution is -0.138. The second-order valence-electron chi connectivity index (χ2n) is 5.21. The van der Waals surface area contributed by atoms with Crippen molar-refractivity contribution in [2.45, 2.75) is 40.2 Å². The lowest BCUT2D eigenvalue weighted by atomic mass is 9.98. The van der Waals surface area contributed by atoms with E-state index in [9.17, 15) is 14.7 Å². The van der Waals surface area contributed by atoms with Gasteiger partial charge >= 0.3 is 11.7 Å². The van der Waals surface area contributed by atoms with Crippen LogP contribution in [0.5, 0.6) is 0 Å². The molecule has 1 heterocycles. The second kappa shape index (κ2) is 6.92. The van der Waals surface area contributed by atoms with Gasteiger partial charge in [0.25, 0.3) is 0 Å². The van der Waals surface area contributed by atoms with E-state index < -0.39 is 11.9 Å². The van der Waals surface area contributed by atoms with Crippen molar-refractivity contribution in [3.63, 3.8) is 0 Å². The molecule has 0 aliphatic carbocycles. The Balaban J connectivity index is 3.29. The van der Waals surface area contributed by atoms with Crippen LogP contribution in [0.3, 0.4) is 0 Å². The Hall–Kier alpha value is -1.30. The number of aliphatic carboxylic acids is 1. The number of carboxylic acid groups (broad SMARTS) is 1. The summed E-state index contributed by atoms with van der Waals surface area (Å²) in [6, 6.07) is 0. The van der Waals surface area contributed by atoms with E-state index in [0.29, 0.717) is 29.4 Å². The molecule has 20 heavy (non-hydrogen) atoms. The van der Waals surface area contributed by atoms with Crippen LogP contribution in [0, 0.1) is 19.8 Å². The predicted octanol–water partition coefficient (Wildman–Crippen LogP) is 2.05. The summed E-state index contributed by atoms with van der Waals surface area (Å²) in [4.78, 5) is 27.2. The van der Waals surface area contributed by atoms with Crippen LogP contribution in [-0.4, -0.2) is 32.6 Å². The van der Waals surface area contributed by atoms with E-state index in [0.717, 1.165) is 5.75 Å². The minimum Gasteiger partial charge on any atom is -0.481 e. The molecule has 0 amide bonds. The number of hydrogen-bond acceptors (Lipinski definition) is 4. The maximum absolute atomic E-state index is 12.0. The number of carboxylic acids is 1. The Kier molecular flexibility index (Phi) is 5.80. The van der Waals surface area contributed by atoms with E-state index in [4.69, 9.17) is 0 Å². The summed E-state index contributed by atoms with van der Waals surface area (Å²) in [5.74, 6) is -0.284. The highest BCUT2D eigenvalue weighted by atomic mass is 32.2. The lowest BCUT2D eigenvalue weighted by Crippen LogP contribution is -2.31. The largest absolute Gasteiger partial charge is 0.481 e. The molecule has 0 aliphatic rings. The van der Waals surface area contributed by atoms with Crippen LogP contribution >= 0.6 is 11.8 Å². The summed E-state index contributed by atoms with van der Waals surface area (Å²) in [5.41, 5.74) is 1.57. The maximum atomic E-state index is 12.0. The molecular weight excluding hydrogens is 276 g/mol. The average molecular weight is 298 g/mol. The predicted molar refractivity (Wildman–Crippen MR) is 81.6 cm³/mol. The summed E-state index contributed by atoms with van der Waals surface area (Å²) in [5, 5.41) is 9.19. The molecule has 0 spiro atoms. The normalized spacial score (nSPS) is 14.1. The van der Waals surface area contributed by atoms with Crippen LogP contribution in [0.4, 0.5) is 0 Å². The topological polar surface area (TPSA) is 72.2 Å². The quantitative estimate of drug-likeness (QED) is 0.870. The Morgan fingerprint density at radius 3 is 2.50 bits per heavy atom. The van der Waals surface area contributed by atoms with Gasteiger partial charge in [0.1, 0.15) is 0 Å². The molecule has 2 atom stereocenters. The Morgan fingerprint density at radius 1 is 1.40 bits per heavy atom. The smallest absolute Gasteiger partial charge is 0.347 e. The van der Waals surface area contributed by atoms with Crippen LogP contribution in [0.25, 0.3) is 0 Å². The monoisotopic (exact) mass is 298 g/mol. The third-order valence-corrected chi connectivity index (χ3v) is 4.33. The Bertz CT molecular complexity index is 554. The fraction of sp³-hybridized carbons (Fsp3) is 0.643. The number of thioether (sulfide) groups is 1. The summed E-state index contributed by atoms with van der Waals surface area (Å²) in [6.07, 6.45) is 2.03. The zero-order valence-corrected chi connectivity index (χ0v) is 13.5. The van der Waals surface area contributed by atoms with Gasteiger partial charge in [-0.05, 0) is 38.7 Å². The van der Waals surface area contributed by atoms with E-state index in [-0.39, 0.29) is 5.69 Å². The third kappa shape index (κ3) is 3.62. The van der Waals surface area contributed by atoms with E-state index >= 15 is 0 Å². The SMILES string of the molecule is CSCC(C)Cn1c(C)c(C(C)C(=O)O)c(C)nc1=O. The maximum Gasteiger partial charge on any atom is 0.347 e. The molecule has 5 nitrogen and oxygen atoms in total. The molecule has 1 N–H and O–H groups in total. The van der Waals surface area contributed by atoms with Crippen molar-refractivity contribution in [3.8, 4) is 0 Å². The van der Waals surface area contributed by atoms with Crippen LogP contribution in [0.1, 0.15) is 36.7 Å². The number of aryl methyl sites for hydroxylation is 1. The van der Waals surface area contributed by atoms with Crippen LogP contribution < -0.4 is 5.69 Å².